The number of benzene rings is 3. The van der Waals surface area contributed by atoms with Crippen LogP contribution in [0.4, 0.5) is 14.4 Å². The van der Waals surface area contributed by atoms with Crippen LogP contribution in [0.25, 0.3) is 0 Å². The van der Waals surface area contributed by atoms with E-state index in [1.54, 1.807) is 98.7 Å². The molecule has 0 atom stereocenters. The van der Waals surface area contributed by atoms with E-state index in [0.717, 1.165) is 29.5 Å². The second-order valence-corrected chi connectivity index (χ2v) is 16.3. The lowest BCUT2D eigenvalue weighted by atomic mass is 10.1. The molecule has 14 heteroatoms. The summed E-state index contributed by atoms with van der Waals surface area (Å²) >= 11 is 0. The Morgan fingerprint density at radius 3 is 0.951 bits per heavy atom. The van der Waals surface area contributed by atoms with Crippen molar-refractivity contribution in [2.45, 2.75) is 139 Å². The lowest BCUT2D eigenvalue weighted by Gasteiger charge is -2.18. The van der Waals surface area contributed by atoms with E-state index in [9.17, 15) is 24.0 Å². The topological polar surface area (TPSA) is 179 Å². The van der Waals surface area contributed by atoms with E-state index in [4.69, 9.17) is 43.0 Å². The van der Waals surface area contributed by atoms with Gasteiger partial charge in [0.1, 0.15) is 40.5 Å². The van der Waals surface area contributed by atoms with Gasteiger partial charge in [-0.05, 0) is 154 Å². The van der Waals surface area contributed by atoms with Crippen molar-refractivity contribution < 1.29 is 67.0 Å². The average Bonchev–Trinajstić information content (AvgIpc) is 3.11. The van der Waals surface area contributed by atoms with Crippen molar-refractivity contribution in [3.63, 3.8) is 0 Å². The Morgan fingerprint density at radius 1 is 0.443 bits per heavy atom. The normalized spacial score (nSPS) is 10.9. The fourth-order valence-electron chi connectivity index (χ4n) is 4.70. The van der Waals surface area contributed by atoms with Crippen LogP contribution >= 0.6 is 0 Å². The summed E-state index contributed by atoms with van der Waals surface area (Å²) in [6, 6.07) is 21.1. The highest BCUT2D eigenvalue weighted by atomic mass is 16.7. The van der Waals surface area contributed by atoms with E-state index >= 15 is 0 Å². The van der Waals surface area contributed by atoms with E-state index in [-0.39, 0.29) is 34.7 Å². The van der Waals surface area contributed by atoms with Crippen LogP contribution in [0.3, 0.4) is 0 Å². The molecule has 14 nitrogen and oxygen atoms in total. The highest BCUT2D eigenvalue weighted by Gasteiger charge is 2.20. The first-order valence-corrected chi connectivity index (χ1v) is 19.5. The van der Waals surface area contributed by atoms with E-state index in [1.807, 2.05) is 36.4 Å². The molecule has 61 heavy (non-hydrogen) atoms. The van der Waals surface area contributed by atoms with Crippen LogP contribution < -0.4 is 14.2 Å². The van der Waals surface area contributed by atoms with Crippen LogP contribution in [0.15, 0.2) is 72.8 Å². The molecule has 0 fully saturated rings. The summed E-state index contributed by atoms with van der Waals surface area (Å²) < 4.78 is 40.8. The minimum Gasteiger partial charge on any atom is -0.465 e. The van der Waals surface area contributed by atoms with Gasteiger partial charge in [-0.15, -0.1) is 0 Å². The maximum atomic E-state index is 11.9. The van der Waals surface area contributed by atoms with Crippen LogP contribution in [0, 0.1) is 0 Å². The van der Waals surface area contributed by atoms with Crippen LogP contribution in [0.2, 0.25) is 0 Å². The predicted octanol–water partition coefficient (Wildman–Crippen LogP) is 10.6. The molecule has 0 heterocycles. The first-order chi connectivity index (χ1) is 27.6. The van der Waals surface area contributed by atoms with Crippen molar-refractivity contribution in [2.75, 3.05) is 19.8 Å². The van der Waals surface area contributed by atoms with E-state index in [1.165, 1.54) is 0 Å². The molecule has 340 valence electrons. The zero-order chi connectivity index (χ0) is 44.1. The number of aryl methyl sites for hydroxylation is 3. The number of ether oxygens (including phenoxy) is 8. The fraction of sp³-hybridized carbons (Fsp3) is 0.511. The minimum absolute atomic E-state index is 0. The molecule has 0 amide bonds. The molecule has 3 aromatic carbocycles. The molecular weight excluding hydrogens is 789 g/mol. The third-order valence-corrected chi connectivity index (χ3v) is 7.20. The van der Waals surface area contributed by atoms with E-state index in [0.29, 0.717) is 42.9 Å². The fourth-order valence-corrected chi connectivity index (χ4v) is 4.70. The third-order valence-electron chi connectivity index (χ3n) is 7.20. The molecule has 3 aromatic rings. The van der Waals surface area contributed by atoms with Gasteiger partial charge < -0.3 is 43.0 Å². The van der Waals surface area contributed by atoms with Gasteiger partial charge in [0.15, 0.2) is 0 Å². The van der Waals surface area contributed by atoms with Gasteiger partial charge >= 0.3 is 30.4 Å². The zero-order valence-electron chi connectivity index (χ0n) is 35.8. The lowest BCUT2D eigenvalue weighted by Crippen LogP contribution is -2.25. The number of hydrogen-bond donors (Lipinski definition) is 1. The Hall–Kier alpha value is -5.63. The van der Waals surface area contributed by atoms with Crippen LogP contribution in [-0.4, -0.2) is 72.1 Å². The molecule has 3 rings (SSSR count). The molecule has 0 aromatic heterocycles. The van der Waals surface area contributed by atoms with Crippen molar-refractivity contribution in [3.8, 4) is 17.2 Å². The monoisotopic (exact) mass is 856 g/mol. The average molecular weight is 857 g/mol. The lowest BCUT2D eigenvalue weighted by molar-refractivity contribution is -0.154. The Morgan fingerprint density at radius 2 is 0.705 bits per heavy atom. The van der Waals surface area contributed by atoms with Crippen LogP contribution in [0.1, 0.15) is 120 Å². The molecular formula is C47H68O14. The number of carbonyl (C=O) groups excluding carboxylic acids is 5. The smallest absolute Gasteiger partial charge is 0.465 e. The van der Waals surface area contributed by atoms with E-state index < -0.39 is 53.6 Å². The Balaban J connectivity index is 0.00000151. The molecule has 0 spiro atoms. The zero-order valence-corrected chi connectivity index (χ0v) is 35.8. The highest BCUT2D eigenvalue weighted by molar-refractivity contribution is 5.91. The number of aliphatic hydroxyl groups is 1. The first kappa shape index (κ1) is 55.4. The molecule has 0 unspecified atom stereocenters. The molecule has 0 aliphatic rings. The number of hydrogen-bond acceptors (Lipinski definition) is 14. The Kier molecular flexibility index (Phi) is 24.7. The van der Waals surface area contributed by atoms with Crippen molar-refractivity contribution in [1.82, 2.24) is 0 Å². The molecule has 0 aliphatic carbocycles. The second kappa shape index (κ2) is 27.3. The quantitative estimate of drug-likeness (QED) is 0.0473. The predicted molar refractivity (Wildman–Crippen MR) is 232 cm³/mol. The summed E-state index contributed by atoms with van der Waals surface area (Å²) in [5.74, 6) is -0.0863. The van der Waals surface area contributed by atoms with Crippen molar-refractivity contribution >= 4 is 30.4 Å². The summed E-state index contributed by atoms with van der Waals surface area (Å²) in [6.07, 6.45) is 1.25. The van der Waals surface area contributed by atoms with Crippen molar-refractivity contribution in [1.29, 1.82) is 0 Å². The van der Waals surface area contributed by atoms with Gasteiger partial charge in [0.05, 0.1) is 13.2 Å². The molecule has 0 aliphatic heterocycles. The van der Waals surface area contributed by atoms with Gasteiger partial charge in [-0.25, -0.2) is 14.4 Å². The molecule has 1 N–H and O–H groups in total. The number of esters is 2. The van der Waals surface area contributed by atoms with Gasteiger partial charge in [-0.1, -0.05) is 51.3 Å². The largest absolute Gasteiger partial charge is 0.514 e. The molecule has 0 saturated carbocycles. The molecule has 0 saturated heterocycles. The second-order valence-electron chi connectivity index (χ2n) is 16.3. The van der Waals surface area contributed by atoms with Gasteiger partial charge in [-0.3, -0.25) is 9.59 Å². The van der Waals surface area contributed by atoms with Crippen LogP contribution in [0.5, 0.6) is 17.2 Å². The Bertz CT molecular complexity index is 1650. The van der Waals surface area contributed by atoms with Gasteiger partial charge in [0, 0.05) is 6.61 Å². The Labute approximate surface area is 362 Å². The number of carbonyl (C=O) groups is 5. The minimum atomic E-state index is -0.769. The molecule has 0 radical (unpaired) electrons. The van der Waals surface area contributed by atoms with E-state index in [2.05, 4.69) is 0 Å². The van der Waals surface area contributed by atoms with Crippen molar-refractivity contribution in [3.05, 3.63) is 89.5 Å². The SMILES string of the molecule is C.C.CC(C)(C)OC(=O)Oc1ccc(CCCO)cc1.CC(C)(C)OC(=O)Oc1ccc(CCCOC(=O)CC(=O)OCCCc2ccc(OC(=O)OC(C)(C)C)cc2)cc1. The third kappa shape index (κ3) is 27.7. The maximum Gasteiger partial charge on any atom is 0.514 e. The highest BCUT2D eigenvalue weighted by Crippen LogP contribution is 2.19. The summed E-state index contributed by atoms with van der Waals surface area (Å²) in [7, 11) is 0. The van der Waals surface area contributed by atoms with Gasteiger partial charge in [-0.2, -0.15) is 0 Å². The number of aliphatic hydroxyl groups excluding tert-OH is 1. The van der Waals surface area contributed by atoms with Crippen LogP contribution in [-0.2, 0) is 52.5 Å². The summed E-state index contributed by atoms with van der Waals surface area (Å²) in [6.45, 7) is 16.4. The number of rotatable bonds is 16. The maximum absolute atomic E-state index is 11.9. The van der Waals surface area contributed by atoms with Gasteiger partial charge in [0.25, 0.3) is 0 Å². The summed E-state index contributed by atoms with van der Waals surface area (Å²) in [5, 5.41) is 8.72. The summed E-state index contributed by atoms with van der Waals surface area (Å²) in [5.41, 5.74) is 1.22. The van der Waals surface area contributed by atoms with Crippen molar-refractivity contribution in [2.24, 2.45) is 0 Å². The first-order valence-electron chi connectivity index (χ1n) is 19.5. The molecule has 0 bridgehead atoms. The standard InChI is InChI=1S/C31H40O10.C14H20O4.2CH4/c1-30(2,3)40-28(34)38-24-15-11-22(12-16-24)9-7-19-36-26(32)21-27(33)37-20-8-10-23-13-17-25(18-14-23)39-29(35)41-31(4,5)6;1-14(2,3)18-13(16)17-12-8-6-11(7-9-12)5-4-10-15;;/h11-18H,7-10,19-21H2,1-6H3;6-9,15H,4-5,10H2,1-3H3;2*1H4. The van der Waals surface area contributed by atoms with Gasteiger partial charge in [0.2, 0.25) is 0 Å². The summed E-state index contributed by atoms with van der Waals surface area (Å²) in [4.78, 5) is 58.7.